The number of piperazine rings is 1. The molecule has 0 spiro atoms. The van der Waals surface area contributed by atoms with Gasteiger partial charge < -0.3 is 34.3 Å². The van der Waals surface area contributed by atoms with Gasteiger partial charge in [-0.3, -0.25) is 10.2 Å². The van der Waals surface area contributed by atoms with Gasteiger partial charge in [0.05, 0.1) is 37.9 Å². The Labute approximate surface area is 243 Å². The summed E-state index contributed by atoms with van der Waals surface area (Å²) in [5.74, 6) is 1.07. The third kappa shape index (κ3) is 4.97. The van der Waals surface area contributed by atoms with E-state index in [1.165, 1.54) is 19.3 Å². The Kier molecular flexibility index (Phi) is 9.23. The predicted octanol–water partition coefficient (Wildman–Crippen LogP) is 0.0213. The van der Waals surface area contributed by atoms with Crippen molar-refractivity contribution in [3.8, 4) is 0 Å². The Bertz CT molecular complexity index is 793. The normalized spacial score (nSPS) is 45.1. The van der Waals surface area contributed by atoms with E-state index in [2.05, 4.69) is 30.9 Å². The zero-order valence-electron chi connectivity index (χ0n) is 24.0. The number of hydrogen-bond donors (Lipinski definition) is 3. The number of morpholine rings is 1. The number of hydrazine groups is 1. The number of nitrogens with one attached hydrogen (secondary N) is 3. The summed E-state index contributed by atoms with van der Waals surface area (Å²) in [7, 11) is 0. The summed E-state index contributed by atoms with van der Waals surface area (Å²) in [4.78, 5) is 2.76. The van der Waals surface area contributed by atoms with E-state index in [0.29, 0.717) is 19.8 Å². The molecule has 0 radical (unpaired) electrons. The van der Waals surface area contributed by atoms with E-state index in [0.717, 1.165) is 97.1 Å². The van der Waals surface area contributed by atoms with Gasteiger partial charge in [0.2, 0.25) is 0 Å². The molecule has 228 valence electrons. The lowest BCUT2D eigenvalue weighted by molar-refractivity contribution is -0.394. The summed E-state index contributed by atoms with van der Waals surface area (Å²) >= 11 is 2.01. The number of ether oxygens (including phenoxy) is 5. The summed E-state index contributed by atoms with van der Waals surface area (Å²) in [6, 6.07) is 0. The molecule has 7 rings (SSSR count). The van der Waals surface area contributed by atoms with Crippen molar-refractivity contribution in [3.63, 3.8) is 0 Å². The van der Waals surface area contributed by atoms with Crippen LogP contribution in [-0.2, 0) is 23.7 Å². The molecule has 0 bridgehead atoms. The van der Waals surface area contributed by atoms with Crippen molar-refractivity contribution in [1.82, 2.24) is 30.9 Å². The SMILES string of the molecule is C1CCN(C2(C3COCCO3)N(N3CCNCC3)CC(C3NCCO3)OC2(C2CCCCO2)C2NCCS2)CC1. The molecule has 7 atom stereocenters. The molecule has 7 aliphatic rings. The standard InChI is InChI=1S/C28H50N6O5S/c1-3-11-32(12-4-1)28(24-21-35-17-18-37-24)27(26-31-10-19-40-26,23-6-2-5-15-36-23)39-22(25-30-9-16-38-25)20-34(28)33-13-7-29-8-14-33/h22-26,29-31H,1-21H2. The maximum absolute atomic E-state index is 7.77. The average Bonchev–Trinajstić information content (AvgIpc) is 3.78. The summed E-state index contributed by atoms with van der Waals surface area (Å²) in [5.41, 5.74) is -1.28. The number of hydrogen-bond acceptors (Lipinski definition) is 12. The average molecular weight is 583 g/mol. The molecule has 7 saturated heterocycles. The lowest BCUT2D eigenvalue weighted by atomic mass is 9.71. The molecular formula is C28H50N6O5S. The maximum Gasteiger partial charge on any atom is 0.155 e. The second kappa shape index (κ2) is 12.9. The van der Waals surface area contributed by atoms with E-state index in [1.807, 2.05) is 11.8 Å². The van der Waals surface area contributed by atoms with Crippen molar-refractivity contribution in [2.24, 2.45) is 0 Å². The van der Waals surface area contributed by atoms with Gasteiger partial charge in [0, 0.05) is 71.3 Å². The highest BCUT2D eigenvalue weighted by Gasteiger charge is 2.75. The largest absolute Gasteiger partial charge is 0.376 e. The molecule has 7 unspecified atom stereocenters. The van der Waals surface area contributed by atoms with Crippen LogP contribution >= 0.6 is 11.8 Å². The predicted molar refractivity (Wildman–Crippen MR) is 153 cm³/mol. The van der Waals surface area contributed by atoms with Crippen molar-refractivity contribution < 1.29 is 23.7 Å². The summed E-state index contributed by atoms with van der Waals surface area (Å²) in [5, 5.41) is 16.6. The maximum atomic E-state index is 7.77. The monoisotopic (exact) mass is 582 g/mol. The van der Waals surface area contributed by atoms with Gasteiger partial charge in [-0.15, -0.1) is 11.8 Å². The zero-order valence-corrected chi connectivity index (χ0v) is 24.8. The van der Waals surface area contributed by atoms with Crippen LogP contribution in [0.15, 0.2) is 0 Å². The van der Waals surface area contributed by atoms with Crippen LogP contribution in [0, 0.1) is 0 Å². The van der Waals surface area contributed by atoms with E-state index < -0.39 is 11.3 Å². The smallest absolute Gasteiger partial charge is 0.155 e. The molecule has 3 N–H and O–H groups in total. The molecule has 0 aromatic carbocycles. The van der Waals surface area contributed by atoms with Gasteiger partial charge >= 0.3 is 0 Å². The Morgan fingerprint density at radius 1 is 0.750 bits per heavy atom. The molecule has 40 heavy (non-hydrogen) atoms. The Hall–Kier alpha value is -0.0900. The number of rotatable bonds is 6. The van der Waals surface area contributed by atoms with Crippen LogP contribution in [0.25, 0.3) is 0 Å². The Balaban J connectivity index is 1.44. The van der Waals surface area contributed by atoms with Crippen LogP contribution in [0.4, 0.5) is 0 Å². The number of nitrogens with zero attached hydrogens (tertiary/aromatic N) is 3. The molecule has 7 heterocycles. The summed E-state index contributed by atoms with van der Waals surface area (Å²) < 4.78 is 34.1. The van der Waals surface area contributed by atoms with E-state index >= 15 is 0 Å². The fraction of sp³-hybridized carbons (Fsp3) is 1.00. The molecular weight excluding hydrogens is 532 g/mol. The minimum Gasteiger partial charge on any atom is -0.376 e. The fourth-order valence-electron chi connectivity index (χ4n) is 8.46. The highest BCUT2D eigenvalue weighted by atomic mass is 32.2. The van der Waals surface area contributed by atoms with Crippen LogP contribution in [-0.4, -0.2) is 154 Å². The van der Waals surface area contributed by atoms with Crippen molar-refractivity contribution in [2.45, 2.75) is 79.7 Å². The molecule has 0 saturated carbocycles. The molecule has 0 aromatic heterocycles. The first-order valence-corrected chi connectivity index (χ1v) is 17.1. The first-order chi connectivity index (χ1) is 19.8. The third-order valence-corrected chi connectivity index (χ3v) is 11.3. The van der Waals surface area contributed by atoms with E-state index in [-0.39, 0.29) is 29.9 Å². The van der Waals surface area contributed by atoms with Crippen LogP contribution in [0.3, 0.4) is 0 Å². The molecule has 0 aromatic rings. The molecule has 12 heteroatoms. The highest BCUT2D eigenvalue weighted by molar-refractivity contribution is 8.00. The van der Waals surface area contributed by atoms with Crippen LogP contribution in [0.1, 0.15) is 38.5 Å². The molecule has 0 amide bonds. The van der Waals surface area contributed by atoms with Gasteiger partial charge in [-0.2, -0.15) is 0 Å². The van der Waals surface area contributed by atoms with Crippen molar-refractivity contribution in [1.29, 1.82) is 0 Å². The van der Waals surface area contributed by atoms with Crippen molar-refractivity contribution >= 4 is 11.8 Å². The molecule has 7 fully saturated rings. The lowest BCUT2D eigenvalue weighted by Crippen LogP contribution is -2.91. The number of likely N-dealkylation sites (tertiary alicyclic amines) is 1. The van der Waals surface area contributed by atoms with Gasteiger partial charge in [-0.05, 0) is 32.1 Å². The van der Waals surface area contributed by atoms with Crippen LogP contribution < -0.4 is 16.0 Å². The Morgan fingerprint density at radius 3 is 2.33 bits per heavy atom. The summed E-state index contributed by atoms with van der Waals surface area (Å²) in [6.45, 7) is 11.8. The second-order valence-corrected chi connectivity index (χ2v) is 13.5. The van der Waals surface area contributed by atoms with E-state index in [1.54, 1.807) is 0 Å². The minimum atomic E-state index is -0.696. The molecule has 0 aliphatic carbocycles. The van der Waals surface area contributed by atoms with Crippen LogP contribution in [0.2, 0.25) is 0 Å². The van der Waals surface area contributed by atoms with Crippen molar-refractivity contribution in [3.05, 3.63) is 0 Å². The topological polar surface area (TPSA) is 92.0 Å². The molecule has 7 aliphatic heterocycles. The first-order valence-electron chi connectivity index (χ1n) is 16.0. The lowest BCUT2D eigenvalue weighted by Gasteiger charge is -2.71. The minimum absolute atomic E-state index is 0.0635. The fourth-order valence-corrected chi connectivity index (χ4v) is 9.79. The van der Waals surface area contributed by atoms with Gasteiger partial charge in [0.15, 0.2) is 11.3 Å². The van der Waals surface area contributed by atoms with E-state index in [4.69, 9.17) is 23.7 Å². The second-order valence-electron chi connectivity index (χ2n) is 12.2. The van der Waals surface area contributed by atoms with Gasteiger partial charge in [0.1, 0.15) is 18.4 Å². The quantitative estimate of drug-likeness (QED) is 0.395. The first kappa shape index (κ1) is 28.7. The Morgan fingerprint density at radius 2 is 1.62 bits per heavy atom. The van der Waals surface area contributed by atoms with E-state index in [9.17, 15) is 0 Å². The summed E-state index contributed by atoms with van der Waals surface area (Å²) in [6.07, 6.45) is 6.40. The number of piperidine rings is 1. The molecule has 11 nitrogen and oxygen atoms in total. The number of thioether (sulfide) groups is 1. The van der Waals surface area contributed by atoms with Crippen molar-refractivity contribution in [2.75, 3.05) is 97.7 Å². The van der Waals surface area contributed by atoms with Gasteiger partial charge in [-0.1, -0.05) is 6.42 Å². The van der Waals surface area contributed by atoms with Gasteiger partial charge in [-0.25, -0.2) is 10.0 Å². The zero-order chi connectivity index (χ0) is 26.8. The van der Waals surface area contributed by atoms with Gasteiger partial charge in [0.25, 0.3) is 0 Å². The van der Waals surface area contributed by atoms with Crippen LogP contribution in [0.5, 0.6) is 0 Å². The third-order valence-electron chi connectivity index (χ3n) is 10.1. The highest BCUT2D eigenvalue weighted by Crippen LogP contribution is 2.54.